The number of carbonyl (C=O) groups excluding carboxylic acids is 6. The van der Waals surface area contributed by atoms with Crippen molar-refractivity contribution in [3.05, 3.63) is 89.5 Å². The van der Waals surface area contributed by atoms with Crippen LogP contribution in [0.1, 0.15) is 76.4 Å². The van der Waals surface area contributed by atoms with Gasteiger partial charge in [-0.15, -0.1) is 35.3 Å². The lowest BCUT2D eigenvalue weighted by molar-refractivity contribution is -0.161. The van der Waals surface area contributed by atoms with Crippen molar-refractivity contribution < 1.29 is 73.8 Å². The fourth-order valence-electron chi connectivity index (χ4n) is 9.30. The number of aliphatic carboxylic acids is 3. The third-order valence-corrected chi connectivity index (χ3v) is 17.8. The van der Waals surface area contributed by atoms with Gasteiger partial charge in [-0.1, -0.05) is 36.4 Å². The average Bonchev–Trinajstić information content (AvgIpc) is 3.94. The third kappa shape index (κ3) is 11.7. The molecule has 27 heteroatoms. The maximum atomic E-state index is 15.0. The van der Waals surface area contributed by atoms with Crippen LogP contribution in [0.15, 0.2) is 72.8 Å². The molecule has 15 N–H and O–H groups in total. The van der Waals surface area contributed by atoms with E-state index in [1.54, 1.807) is 41.5 Å². The van der Waals surface area contributed by atoms with Crippen LogP contribution in [0.2, 0.25) is 0 Å². The number of carboxylic acid groups (broad SMARTS) is 3. The topological polar surface area (TPSA) is 388 Å². The number of phenols is 3. The summed E-state index contributed by atoms with van der Waals surface area (Å²) in [6.07, 6.45) is 0. The molecular formula is C48H57N9O15S3. The molecule has 7 rings (SSSR count). The molecule has 3 aromatic rings. The molecule has 0 bridgehead atoms. The minimum atomic E-state index is -1.80. The van der Waals surface area contributed by atoms with Crippen molar-refractivity contribution in [3.63, 3.8) is 0 Å². The largest absolute Gasteiger partial charge is 0.508 e. The first-order valence-electron chi connectivity index (χ1n) is 23.2. The molecule has 6 amide bonds. The van der Waals surface area contributed by atoms with Gasteiger partial charge in [0.05, 0.1) is 10.7 Å². The number of hydrogen-bond acceptors (Lipinski definition) is 18. The van der Waals surface area contributed by atoms with E-state index in [0.29, 0.717) is 0 Å². The van der Waals surface area contributed by atoms with Gasteiger partial charge in [0.25, 0.3) is 0 Å². The van der Waals surface area contributed by atoms with E-state index >= 15 is 0 Å². The van der Waals surface area contributed by atoms with E-state index in [2.05, 4.69) is 37.2 Å². The van der Waals surface area contributed by atoms with Gasteiger partial charge in [-0.05, 0) is 94.6 Å². The standard InChI is InChI=1S/C48H57N9O15S3/c1-46(2)31(43(67)68)55-39(73-46)28(52-34(61)25(49)19-7-13-22(58)14-8-19)37(64)50-26(20-9-15-23(59)16-10-20)35(62)53-29(40-56-32(44(69)70)47(3,4)74-40)38(65)51-27(21-11-17-24(60)18-12-21)36(63)54-30-41(66)57-33(45(71)72)48(5,6)75-42(30)57/h7-18,25-33,39-40,42,55-56,58-60H,49H2,1-6H3,(H,50,64)(H,51,65)(H,52,61)(H,53,62)(H,54,63)(H,67,68)(H,69,70)(H,71,72)/t25-,26-,27-,28?,29?,30-,31+,32+,33+,39?,40?,42-/m1/s1. The van der Waals surface area contributed by atoms with Gasteiger partial charge in [0, 0.05) is 14.2 Å². The number of phenolic OH excluding ortho intramolecular Hbond substituents is 3. The zero-order chi connectivity index (χ0) is 55.2. The van der Waals surface area contributed by atoms with Crippen molar-refractivity contribution in [2.75, 3.05) is 0 Å². The number of nitrogens with one attached hydrogen (secondary N) is 7. The minimum Gasteiger partial charge on any atom is -0.508 e. The van der Waals surface area contributed by atoms with Gasteiger partial charge >= 0.3 is 17.9 Å². The van der Waals surface area contributed by atoms with Crippen molar-refractivity contribution in [2.45, 2.75) is 126 Å². The monoisotopic (exact) mass is 1100 g/mol. The molecule has 0 radical (unpaired) electrons. The summed E-state index contributed by atoms with van der Waals surface area (Å²) in [5.74, 6) is -10.2. The summed E-state index contributed by atoms with van der Waals surface area (Å²) in [6, 6.07) is 1.99. The molecule has 402 valence electrons. The van der Waals surface area contributed by atoms with Crippen LogP contribution in [0, 0.1) is 0 Å². The fraction of sp³-hybridized carbons (Fsp3) is 0.438. The summed E-state index contributed by atoms with van der Waals surface area (Å²) < 4.78 is -3.16. The Balaban J connectivity index is 1.22. The van der Waals surface area contributed by atoms with Crippen molar-refractivity contribution in [1.29, 1.82) is 0 Å². The summed E-state index contributed by atoms with van der Waals surface area (Å²) in [5.41, 5.74) is 6.62. The first kappa shape index (κ1) is 56.0. The Hall–Kier alpha value is -6.78. The normalized spacial score (nSPS) is 25.9. The number of amides is 6. The highest BCUT2D eigenvalue weighted by Crippen LogP contribution is 2.51. The highest BCUT2D eigenvalue weighted by Gasteiger charge is 2.64. The number of nitrogens with zero attached hydrogens (tertiary/aromatic N) is 1. The van der Waals surface area contributed by atoms with Crippen LogP contribution in [0.4, 0.5) is 0 Å². The van der Waals surface area contributed by atoms with Gasteiger partial charge in [-0.2, -0.15) is 0 Å². The number of benzene rings is 3. The molecule has 0 aliphatic carbocycles. The lowest BCUT2D eigenvalue weighted by Crippen LogP contribution is -2.71. The summed E-state index contributed by atoms with van der Waals surface area (Å²) in [4.78, 5) is 125. The molecule has 4 heterocycles. The van der Waals surface area contributed by atoms with E-state index in [-0.39, 0.29) is 33.9 Å². The van der Waals surface area contributed by atoms with Crippen LogP contribution in [0.25, 0.3) is 0 Å². The summed E-state index contributed by atoms with van der Waals surface area (Å²) in [6.45, 7) is 9.66. The maximum Gasteiger partial charge on any atom is 0.327 e. The number of β-lactam (4-membered cyclic amide) rings is 1. The number of fused-ring (bicyclic) bond motifs is 1. The number of nitrogens with two attached hydrogens (primary N) is 1. The van der Waals surface area contributed by atoms with Gasteiger partial charge in [0.15, 0.2) is 0 Å². The fourth-order valence-corrected chi connectivity index (χ4v) is 13.9. The number of hydrogen-bond donors (Lipinski definition) is 14. The van der Waals surface area contributed by atoms with Gasteiger partial charge in [-0.25, -0.2) is 4.79 Å². The van der Waals surface area contributed by atoms with Gasteiger partial charge < -0.3 is 67.9 Å². The number of carbonyl (C=O) groups is 9. The smallest absolute Gasteiger partial charge is 0.327 e. The molecule has 4 saturated heterocycles. The van der Waals surface area contributed by atoms with Crippen molar-refractivity contribution in [2.24, 2.45) is 5.73 Å². The van der Waals surface area contributed by atoms with Gasteiger partial charge in [0.2, 0.25) is 35.4 Å². The van der Waals surface area contributed by atoms with E-state index in [1.807, 2.05) is 0 Å². The molecule has 4 aliphatic rings. The number of rotatable bonds is 18. The van der Waals surface area contributed by atoms with E-state index in [0.717, 1.165) is 40.2 Å². The summed E-state index contributed by atoms with van der Waals surface area (Å²) >= 11 is 3.11. The van der Waals surface area contributed by atoms with Crippen LogP contribution >= 0.6 is 35.3 Å². The number of carboxylic acids is 3. The summed E-state index contributed by atoms with van der Waals surface area (Å²) in [7, 11) is 0. The second-order valence-corrected chi connectivity index (χ2v) is 25.2. The highest BCUT2D eigenvalue weighted by atomic mass is 32.2. The maximum absolute atomic E-state index is 15.0. The van der Waals surface area contributed by atoms with Crippen LogP contribution < -0.4 is 43.0 Å². The molecule has 4 unspecified atom stereocenters. The van der Waals surface area contributed by atoms with Gasteiger partial charge in [-0.3, -0.25) is 49.0 Å². The van der Waals surface area contributed by atoms with Crippen molar-refractivity contribution in [1.82, 2.24) is 42.1 Å². The molecule has 12 atom stereocenters. The molecule has 4 aliphatic heterocycles. The van der Waals surface area contributed by atoms with Crippen LogP contribution in [-0.4, -0.2) is 156 Å². The molecule has 0 spiro atoms. The third-order valence-electron chi connectivity index (χ3n) is 13.2. The number of aromatic hydroxyl groups is 3. The van der Waals surface area contributed by atoms with Gasteiger partial charge in [0.1, 0.15) is 77.0 Å². The molecule has 24 nitrogen and oxygen atoms in total. The van der Waals surface area contributed by atoms with Crippen LogP contribution in [0.3, 0.4) is 0 Å². The molecular weight excluding hydrogens is 1040 g/mol. The quantitative estimate of drug-likeness (QED) is 0.0740. The Labute approximate surface area is 441 Å². The predicted octanol–water partition coefficient (Wildman–Crippen LogP) is -0.0919. The average molecular weight is 1100 g/mol. The first-order valence-corrected chi connectivity index (χ1v) is 25.9. The first-order chi connectivity index (χ1) is 35.0. The van der Waals surface area contributed by atoms with E-state index in [1.165, 1.54) is 72.8 Å². The van der Waals surface area contributed by atoms with Crippen molar-refractivity contribution >= 4 is 88.6 Å². The molecule has 0 aromatic heterocycles. The zero-order valence-corrected chi connectivity index (χ0v) is 43.4. The Morgan fingerprint density at radius 3 is 1.31 bits per heavy atom. The lowest BCUT2D eigenvalue weighted by atomic mass is 9.95. The van der Waals surface area contributed by atoms with Crippen LogP contribution in [0.5, 0.6) is 17.2 Å². The Morgan fingerprint density at radius 2 is 0.920 bits per heavy atom. The second kappa shape index (κ2) is 21.5. The molecule has 4 fully saturated rings. The van der Waals surface area contributed by atoms with E-state index < -0.39 is 138 Å². The van der Waals surface area contributed by atoms with E-state index in [4.69, 9.17) is 5.73 Å². The Morgan fingerprint density at radius 1 is 0.533 bits per heavy atom. The number of thioether (sulfide) groups is 3. The Bertz CT molecular complexity index is 2770. The zero-order valence-electron chi connectivity index (χ0n) is 41.0. The SMILES string of the molecule is CC1(C)S[C@@H]2[C@H](NC(=O)[C@H](NC(=O)C(NC(=O)[C@H](NC(=O)C(NC(=O)[C@H](N)c3ccc(O)cc3)C3N[C@@H](C(=O)O)C(C)(C)S3)c3ccc(O)cc3)C3N[C@@H](C(=O)O)C(C)(C)S3)c3ccc(O)cc3)C(=O)N2[C@H]1C(=O)O. The van der Waals surface area contributed by atoms with E-state index in [9.17, 15) is 73.8 Å². The summed E-state index contributed by atoms with van der Waals surface area (Å²) in [5, 5.41) is 76.0. The highest BCUT2D eigenvalue weighted by molar-refractivity contribution is 8.02. The molecule has 3 aromatic carbocycles. The second-order valence-electron chi connectivity index (χ2n) is 19.9. The van der Waals surface area contributed by atoms with Crippen LogP contribution in [-0.2, 0) is 43.2 Å². The van der Waals surface area contributed by atoms with Crippen molar-refractivity contribution in [3.8, 4) is 17.2 Å². The lowest BCUT2D eigenvalue weighted by Gasteiger charge is -2.44. The molecule has 0 saturated carbocycles. The minimum absolute atomic E-state index is 0.00823. The predicted molar refractivity (Wildman–Crippen MR) is 273 cm³/mol. The molecule has 75 heavy (non-hydrogen) atoms. The Kier molecular flexibility index (Phi) is 16.0.